The lowest BCUT2D eigenvalue weighted by Gasteiger charge is -2.17. The number of hydrogen-bond donors (Lipinski definition) is 2. The molecule has 36 heavy (non-hydrogen) atoms. The SMILES string of the molecule is CCCCCOc1ccc(Nc2ncc(C(F)(F)F)c(Nc3ccccc3OCCCCC)n2)cc1. The number of hydrogen-bond acceptors (Lipinski definition) is 6. The van der Waals surface area contributed by atoms with E-state index in [1.54, 1.807) is 48.5 Å². The van der Waals surface area contributed by atoms with Gasteiger partial charge in [-0.2, -0.15) is 18.2 Å². The van der Waals surface area contributed by atoms with E-state index in [2.05, 4.69) is 34.4 Å². The molecule has 2 N–H and O–H groups in total. The predicted octanol–water partition coefficient (Wildman–Crippen LogP) is 8.12. The highest BCUT2D eigenvalue weighted by molar-refractivity contribution is 5.67. The van der Waals surface area contributed by atoms with Crippen LogP contribution in [0.25, 0.3) is 0 Å². The summed E-state index contributed by atoms with van der Waals surface area (Å²) in [6, 6.07) is 14.0. The summed E-state index contributed by atoms with van der Waals surface area (Å²) in [4.78, 5) is 8.02. The Kier molecular flexibility index (Phi) is 10.2. The summed E-state index contributed by atoms with van der Waals surface area (Å²) in [5.41, 5.74) is 0.0552. The van der Waals surface area contributed by atoms with E-state index in [1.165, 1.54) is 0 Å². The largest absolute Gasteiger partial charge is 0.494 e. The van der Waals surface area contributed by atoms with Crippen LogP contribution in [0.3, 0.4) is 0 Å². The summed E-state index contributed by atoms with van der Waals surface area (Å²) >= 11 is 0. The maximum Gasteiger partial charge on any atom is 0.421 e. The molecule has 1 aromatic heterocycles. The molecule has 3 aromatic rings. The van der Waals surface area contributed by atoms with E-state index in [9.17, 15) is 13.2 Å². The van der Waals surface area contributed by atoms with Crippen LogP contribution in [0.15, 0.2) is 54.7 Å². The van der Waals surface area contributed by atoms with Gasteiger partial charge in [0.1, 0.15) is 22.9 Å². The second kappa shape index (κ2) is 13.6. The number of anilines is 4. The highest BCUT2D eigenvalue weighted by Gasteiger charge is 2.35. The highest BCUT2D eigenvalue weighted by atomic mass is 19.4. The molecule has 9 heteroatoms. The fourth-order valence-electron chi connectivity index (χ4n) is 3.41. The summed E-state index contributed by atoms with van der Waals surface area (Å²) in [5.74, 6) is 0.858. The molecule has 0 atom stereocenters. The van der Waals surface area contributed by atoms with Gasteiger partial charge >= 0.3 is 6.18 Å². The number of nitrogens with one attached hydrogen (secondary N) is 2. The first kappa shape index (κ1) is 27.1. The molecular weight excluding hydrogens is 469 g/mol. The first-order valence-electron chi connectivity index (χ1n) is 12.3. The summed E-state index contributed by atoms with van der Waals surface area (Å²) in [6.07, 6.45) is 2.28. The zero-order valence-electron chi connectivity index (χ0n) is 20.7. The molecule has 0 saturated carbocycles. The Morgan fingerprint density at radius 3 is 2.14 bits per heavy atom. The van der Waals surface area contributed by atoms with Crippen LogP contribution in [-0.4, -0.2) is 23.2 Å². The molecule has 0 fully saturated rings. The Balaban J connectivity index is 1.76. The van der Waals surface area contributed by atoms with Gasteiger partial charge in [0.05, 0.1) is 18.9 Å². The normalized spacial score (nSPS) is 11.2. The van der Waals surface area contributed by atoms with Gasteiger partial charge in [0.25, 0.3) is 0 Å². The lowest BCUT2D eigenvalue weighted by Crippen LogP contribution is -2.13. The first-order chi connectivity index (χ1) is 17.4. The summed E-state index contributed by atoms with van der Waals surface area (Å²) in [6.45, 7) is 5.34. The molecule has 0 aliphatic rings. The van der Waals surface area contributed by atoms with E-state index >= 15 is 0 Å². The molecule has 0 aliphatic heterocycles. The summed E-state index contributed by atoms with van der Waals surface area (Å²) in [7, 11) is 0. The van der Waals surface area contributed by atoms with Gasteiger partial charge in [-0.15, -0.1) is 0 Å². The van der Waals surface area contributed by atoms with Crippen LogP contribution in [-0.2, 0) is 6.18 Å². The van der Waals surface area contributed by atoms with Crippen molar-refractivity contribution in [3.05, 3.63) is 60.3 Å². The van der Waals surface area contributed by atoms with Gasteiger partial charge in [-0.25, -0.2) is 4.98 Å². The monoisotopic (exact) mass is 502 g/mol. The molecule has 6 nitrogen and oxygen atoms in total. The smallest absolute Gasteiger partial charge is 0.421 e. The number of aromatic nitrogens is 2. The van der Waals surface area contributed by atoms with E-state index in [1.807, 2.05) is 0 Å². The Morgan fingerprint density at radius 1 is 0.806 bits per heavy atom. The Hall–Kier alpha value is -3.49. The third-order valence-corrected chi connectivity index (χ3v) is 5.37. The van der Waals surface area contributed by atoms with Crippen molar-refractivity contribution in [1.29, 1.82) is 0 Å². The van der Waals surface area contributed by atoms with Crippen molar-refractivity contribution in [3.63, 3.8) is 0 Å². The lowest BCUT2D eigenvalue weighted by molar-refractivity contribution is -0.137. The quantitative estimate of drug-likeness (QED) is 0.217. The molecule has 0 bridgehead atoms. The van der Waals surface area contributed by atoms with E-state index < -0.39 is 11.7 Å². The second-order valence-electron chi connectivity index (χ2n) is 8.34. The van der Waals surface area contributed by atoms with Crippen molar-refractivity contribution < 1.29 is 22.6 Å². The number of rotatable bonds is 14. The number of para-hydroxylation sites is 2. The van der Waals surface area contributed by atoms with Gasteiger partial charge in [0, 0.05) is 11.9 Å². The van der Waals surface area contributed by atoms with Gasteiger partial charge in [-0.3, -0.25) is 0 Å². The number of nitrogens with zero attached hydrogens (tertiary/aromatic N) is 2. The molecule has 0 unspecified atom stereocenters. The topological polar surface area (TPSA) is 68.3 Å². The average molecular weight is 503 g/mol. The Morgan fingerprint density at radius 2 is 1.47 bits per heavy atom. The second-order valence-corrected chi connectivity index (χ2v) is 8.34. The van der Waals surface area contributed by atoms with Crippen LogP contribution < -0.4 is 20.1 Å². The van der Waals surface area contributed by atoms with Crippen molar-refractivity contribution in [1.82, 2.24) is 9.97 Å². The van der Waals surface area contributed by atoms with Crippen molar-refractivity contribution in [2.75, 3.05) is 23.8 Å². The Labute approximate surface area is 210 Å². The van der Waals surface area contributed by atoms with E-state index in [-0.39, 0.29) is 11.8 Å². The van der Waals surface area contributed by atoms with Crippen LogP contribution in [0.2, 0.25) is 0 Å². The summed E-state index contributed by atoms with van der Waals surface area (Å²) in [5, 5.41) is 5.76. The average Bonchev–Trinajstić information content (AvgIpc) is 2.86. The van der Waals surface area contributed by atoms with Crippen LogP contribution in [0.1, 0.15) is 57.9 Å². The molecule has 0 spiro atoms. The molecular formula is C27H33F3N4O2. The Bertz CT molecular complexity index is 1080. The molecule has 2 aromatic carbocycles. The molecule has 0 saturated heterocycles. The fraction of sp³-hybridized carbons (Fsp3) is 0.407. The standard InChI is InChI=1S/C27H33F3N4O2/c1-3-5-9-17-35-21-15-13-20(14-16-21)32-26-31-19-22(27(28,29)30)25(34-26)33-23-11-7-8-12-24(23)36-18-10-6-4-2/h7-8,11-16,19H,3-6,9-10,17-18H2,1-2H3,(H2,31,32,33,34). The van der Waals surface area contributed by atoms with Crippen molar-refractivity contribution in [2.45, 2.75) is 58.5 Å². The van der Waals surface area contributed by atoms with E-state index in [0.717, 1.165) is 50.5 Å². The minimum atomic E-state index is -4.63. The van der Waals surface area contributed by atoms with Crippen LogP contribution in [0, 0.1) is 0 Å². The minimum Gasteiger partial charge on any atom is -0.494 e. The van der Waals surface area contributed by atoms with Crippen LogP contribution >= 0.6 is 0 Å². The molecule has 1 heterocycles. The number of benzene rings is 2. The zero-order valence-corrected chi connectivity index (χ0v) is 20.7. The van der Waals surface area contributed by atoms with Gasteiger partial charge in [0.15, 0.2) is 0 Å². The maximum atomic E-state index is 13.7. The van der Waals surface area contributed by atoms with Crippen molar-refractivity contribution in [2.24, 2.45) is 0 Å². The highest BCUT2D eigenvalue weighted by Crippen LogP contribution is 2.37. The number of unbranched alkanes of at least 4 members (excludes halogenated alkanes) is 4. The van der Waals surface area contributed by atoms with Crippen molar-refractivity contribution in [3.8, 4) is 11.5 Å². The fourth-order valence-corrected chi connectivity index (χ4v) is 3.41. The van der Waals surface area contributed by atoms with E-state index in [0.29, 0.717) is 30.3 Å². The third kappa shape index (κ3) is 8.32. The lowest BCUT2D eigenvalue weighted by atomic mass is 10.2. The van der Waals surface area contributed by atoms with Gasteiger partial charge in [-0.05, 0) is 49.2 Å². The van der Waals surface area contributed by atoms with Gasteiger partial charge < -0.3 is 20.1 Å². The molecule has 0 aliphatic carbocycles. The van der Waals surface area contributed by atoms with Crippen molar-refractivity contribution >= 4 is 23.1 Å². The van der Waals surface area contributed by atoms with Gasteiger partial charge in [-0.1, -0.05) is 51.7 Å². The molecule has 0 amide bonds. The van der Waals surface area contributed by atoms with Crippen LogP contribution in [0.5, 0.6) is 11.5 Å². The number of halogens is 3. The molecule has 194 valence electrons. The summed E-state index contributed by atoms with van der Waals surface area (Å²) < 4.78 is 52.6. The number of alkyl halides is 3. The van der Waals surface area contributed by atoms with Crippen LogP contribution in [0.4, 0.5) is 36.3 Å². The molecule has 3 rings (SSSR count). The predicted molar refractivity (Wildman–Crippen MR) is 137 cm³/mol. The molecule has 0 radical (unpaired) electrons. The van der Waals surface area contributed by atoms with E-state index in [4.69, 9.17) is 9.47 Å². The zero-order chi connectivity index (χ0) is 25.8. The first-order valence-corrected chi connectivity index (χ1v) is 12.3. The number of ether oxygens (including phenoxy) is 2. The van der Waals surface area contributed by atoms with Gasteiger partial charge in [0.2, 0.25) is 5.95 Å². The maximum absolute atomic E-state index is 13.7. The third-order valence-electron chi connectivity index (χ3n) is 5.37. The minimum absolute atomic E-state index is 0.0310.